The molecule has 0 aromatic heterocycles. The molecule has 0 fully saturated rings. The van der Waals surface area contributed by atoms with Gasteiger partial charge in [-0.3, -0.25) is 0 Å². The van der Waals surface area contributed by atoms with Crippen molar-refractivity contribution in [1.29, 1.82) is 0 Å². The zero-order chi connectivity index (χ0) is 11.4. The van der Waals surface area contributed by atoms with Crippen molar-refractivity contribution >= 4 is 6.08 Å². The maximum Gasteiger partial charge on any atom is 0.161 e. The minimum absolute atomic E-state index is 0.553. The second-order valence-electron chi connectivity index (χ2n) is 3.69. The molecule has 0 spiro atoms. The van der Waals surface area contributed by atoms with E-state index >= 15 is 0 Å². The second-order valence-corrected chi connectivity index (χ2v) is 3.69. The highest BCUT2D eigenvalue weighted by atomic mass is 16.6. The first-order chi connectivity index (χ1) is 7.85. The van der Waals surface area contributed by atoms with Crippen LogP contribution in [-0.4, -0.2) is 19.8 Å². The molecule has 1 aromatic carbocycles. The summed E-state index contributed by atoms with van der Waals surface area (Å²) in [6.07, 6.45) is 4.96. The molecule has 1 heterocycles. The van der Waals surface area contributed by atoms with E-state index in [4.69, 9.17) is 15.2 Å². The van der Waals surface area contributed by atoms with E-state index in [1.807, 2.05) is 18.2 Å². The topological polar surface area (TPSA) is 44.5 Å². The molecule has 0 radical (unpaired) electrons. The van der Waals surface area contributed by atoms with Crippen molar-refractivity contribution in [2.24, 2.45) is 5.73 Å². The van der Waals surface area contributed by atoms with E-state index in [-0.39, 0.29) is 0 Å². The van der Waals surface area contributed by atoms with E-state index in [2.05, 4.69) is 13.0 Å². The third-order valence-corrected chi connectivity index (χ3v) is 2.62. The molecule has 0 atom stereocenters. The number of benzene rings is 1. The van der Waals surface area contributed by atoms with Crippen LogP contribution in [0.3, 0.4) is 0 Å². The summed E-state index contributed by atoms with van der Waals surface area (Å²) < 4.78 is 11.1. The van der Waals surface area contributed by atoms with Crippen molar-refractivity contribution < 1.29 is 9.47 Å². The highest BCUT2D eigenvalue weighted by Crippen LogP contribution is 2.33. The molecular formula is C13H17NO2. The summed E-state index contributed by atoms with van der Waals surface area (Å²) in [4.78, 5) is 0. The van der Waals surface area contributed by atoms with Crippen molar-refractivity contribution in [2.75, 3.05) is 19.8 Å². The Hall–Kier alpha value is -1.48. The molecule has 0 saturated heterocycles. The van der Waals surface area contributed by atoms with Gasteiger partial charge >= 0.3 is 0 Å². The number of fused-ring (bicyclic) bond motifs is 1. The number of rotatable bonds is 3. The minimum Gasteiger partial charge on any atom is -0.486 e. The maximum atomic E-state index is 5.55. The van der Waals surface area contributed by atoms with Crippen LogP contribution in [0.2, 0.25) is 0 Å². The Morgan fingerprint density at radius 2 is 1.94 bits per heavy atom. The molecular weight excluding hydrogens is 202 g/mol. The fourth-order valence-electron chi connectivity index (χ4n) is 1.80. The number of ether oxygens (including phenoxy) is 2. The van der Waals surface area contributed by atoms with Gasteiger partial charge in [0.15, 0.2) is 11.5 Å². The molecule has 0 saturated carbocycles. The zero-order valence-electron chi connectivity index (χ0n) is 9.53. The molecule has 16 heavy (non-hydrogen) atoms. The molecule has 3 nitrogen and oxygen atoms in total. The van der Waals surface area contributed by atoms with E-state index in [1.165, 1.54) is 5.56 Å². The average molecular weight is 219 g/mol. The summed E-state index contributed by atoms with van der Waals surface area (Å²) >= 11 is 0. The van der Waals surface area contributed by atoms with Gasteiger partial charge in [-0.05, 0) is 29.7 Å². The molecule has 1 aromatic rings. The van der Waals surface area contributed by atoms with Crippen molar-refractivity contribution in [3.63, 3.8) is 0 Å². The summed E-state index contributed by atoms with van der Waals surface area (Å²) in [5.41, 5.74) is 7.89. The van der Waals surface area contributed by atoms with Gasteiger partial charge in [0.1, 0.15) is 13.2 Å². The smallest absolute Gasteiger partial charge is 0.161 e. The lowest BCUT2D eigenvalue weighted by Gasteiger charge is -2.20. The molecule has 2 N–H and O–H groups in total. The summed E-state index contributed by atoms with van der Waals surface area (Å²) in [5.74, 6) is 1.69. The van der Waals surface area contributed by atoms with E-state index in [0.29, 0.717) is 19.8 Å². The summed E-state index contributed by atoms with van der Waals surface area (Å²) in [6, 6.07) is 4.09. The first kappa shape index (κ1) is 11.0. The maximum absolute atomic E-state index is 5.55. The summed E-state index contributed by atoms with van der Waals surface area (Å²) in [6.45, 7) is 3.94. The van der Waals surface area contributed by atoms with Gasteiger partial charge in [-0.2, -0.15) is 0 Å². The number of nitrogens with two attached hydrogens (primary N) is 1. The quantitative estimate of drug-likeness (QED) is 0.845. The summed E-state index contributed by atoms with van der Waals surface area (Å²) in [7, 11) is 0. The predicted molar refractivity (Wildman–Crippen MR) is 64.9 cm³/mol. The predicted octanol–water partition coefficient (Wildman–Crippen LogP) is 1.99. The number of aryl methyl sites for hydroxylation is 1. The lowest BCUT2D eigenvalue weighted by Crippen LogP contribution is -2.15. The SMILES string of the molecule is CCc1cc2c(cc1/C=C/CN)OCCO2. The Kier molecular flexibility index (Phi) is 3.47. The molecule has 0 unspecified atom stereocenters. The molecule has 0 aliphatic carbocycles. The van der Waals surface area contributed by atoms with Crippen LogP contribution in [0.1, 0.15) is 18.1 Å². The third-order valence-electron chi connectivity index (χ3n) is 2.62. The Labute approximate surface area is 95.9 Å². The van der Waals surface area contributed by atoms with Gasteiger partial charge in [-0.25, -0.2) is 0 Å². The molecule has 0 amide bonds. The molecule has 86 valence electrons. The lowest BCUT2D eigenvalue weighted by atomic mass is 10.0. The van der Waals surface area contributed by atoms with Gasteiger partial charge < -0.3 is 15.2 Å². The first-order valence-electron chi connectivity index (χ1n) is 5.64. The standard InChI is InChI=1S/C13H17NO2/c1-2-10-8-12-13(16-7-6-15-12)9-11(10)4-3-5-14/h3-4,8-9H,2,5-7,14H2,1H3/b4-3+. The van der Waals surface area contributed by atoms with Gasteiger partial charge in [0.2, 0.25) is 0 Å². The Balaban J connectivity index is 2.39. The molecule has 1 aliphatic rings. The van der Waals surface area contributed by atoms with Crippen LogP contribution in [0.4, 0.5) is 0 Å². The summed E-state index contributed by atoms with van der Waals surface area (Å²) in [5, 5.41) is 0. The van der Waals surface area contributed by atoms with Crippen molar-refractivity contribution in [1.82, 2.24) is 0 Å². The fourth-order valence-corrected chi connectivity index (χ4v) is 1.80. The highest BCUT2D eigenvalue weighted by Gasteiger charge is 2.13. The van der Waals surface area contributed by atoms with Gasteiger partial charge in [-0.1, -0.05) is 19.1 Å². The van der Waals surface area contributed by atoms with Crippen LogP contribution < -0.4 is 15.2 Å². The van der Waals surface area contributed by atoms with E-state index in [9.17, 15) is 0 Å². The molecule has 0 bridgehead atoms. The van der Waals surface area contributed by atoms with Crippen LogP contribution >= 0.6 is 0 Å². The van der Waals surface area contributed by atoms with Crippen LogP contribution in [0.25, 0.3) is 6.08 Å². The third kappa shape index (κ3) is 2.19. The normalized spacial score (nSPS) is 14.4. The number of hydrogen-bond donors (Lipinski definition) is 1. The Bertz CT molecular complexity index is 399. The average Bonchev–Trinajstić information content (AvgIpc) is 2.35. The minimum atomic E-state index is 0.553. The highest BCUT2D eigenvalue weighted by molar-refractivity contribution is 5.60. The van der Waals surface area contributed by atoms with Gasteiger partial charge in [0, 0.05) is 6.54 Å². The van der Waals surface area contributed by atoms with Crippen molar-refractivity contribution in [3.05, 3.63) is 29.3 Å². The lowest BCUT2D eigenvalue weighted by molar-refractivity contribution is 0.171. The van der Waals surface area contributed by atoms with Gasteiger partial charge in [0.05, 0.1) is 0 Å². The van der Waals surface area contributed by atoms with Gasteiger partial charge in [0.25, 0.3) is 0 Å². The van der Waals surface area contributed by atoms with Crippen LogP contribution in [0, 0.1) is 0 Å². The van der Waals surface area contributed by atoms with Crippen molar-refractivity contribution in [2.45, 2.75) is 13.3 Å². The number of hydrogen-bond acceptors (Lipinski definition) is 3. The Morgan fingerprint density at radius 3 is 2.56 bits per heavy atom. The van der Waals surface area contributed by atoms with Crippen LogP contribution in [0.5, 0.6) is 11.5 Å². The van der Waals surface area contributed by atoms with E-state index in [1.54, 1.807) is 0 Å². The van der Waals surface area contributed by atoms with E-state index < -0.39 is 0 Å². The van der Waals surface area contributed by atoms with Crippen LogP contribution in [0.15, 0.2) is 18.2 Å². The molecule has 3 heteroatoms. The van der Waals surface area contributed by atoms with Gasteiger partial charge in [-0.15, -0.1) is 0 Å². The Morgan fingerprint density at radius 1 is 1.25 bits per heavy atom. The molecule has 2 rings (SSSR count). The monoisotopic (exact) mass is 219 g/mol. The first-order valence-corrected chi connectivity index (χ1v) is 5.64. The molecule has 1 aliphatic heterocycles. The largest absolute Gasteiger partial charge is 0.486 e. The zero-order valence-corrected chi connectivity index (χ0v) is 9.53. The second kappa shape index (κ2) is 5.03. The van der Waals surface area contributed by atoms with Crippen LogP contribution in [-0.2, 0) is 6.42 Å². The van der Waals surface area contributed by atoms with Crippen molar-refractivity contribution in [3.8, 4) is 11.5 Å². The van der Waals surface area contributed by atoms with E-state index in [0.717, 1.165) is 23.5 Å². The fraction of sp³-hybridized carbons (Fsp3) is 0.385.